The second-order valence-corrected chi connectivity index (χ2v) is 6.00. The zero-order valence-electron chi connectivity index (χ0n) is 13.9. The first-order chi connectivity index (χ1) is 12.5. The third-order valence-corrected chi connectivity index (χ3v) is 4.08. The van der Waals surface area contributed by atoms with Gasteiger partial charge >= 0.3 is 0 Å². The molecule has 0 atom stereocenters. The summed E-state index contributed by atoms with van der Waals surface area (Å²) < 4.78 is 7.44. The summed E-state index contributed by atoms with van der Waals surface area (Å²) in [6.45, 7) is 1.79. The molecule has 0 fully saturated rings. The van der Waals surface area contributed by atoms with Gasteiger partial charge in [-0.3, -0.25) is 4.79 Å². The number of primary amides is 1. The lowest BCUT2D eigenvalue weighted by Crippen LogP contribution is -2.14. The molecule has 1 amide bonds. The highest BCUT2D eigenvalue weighted by molar-refractivity contribution is 6.30. The molecule has 130 valence electrons. The Morgan fingerprint density at radius 1 is 1.31 bits per heavy atom. The first-order valence-electron chi connectivity index (χ1n) is 7.77. The Hall–Kier alpha value is -3.30. The van der Waals surface area contributed by atoms with Crippen LogP contribution in [-0.2, 0) is 6.61 Å². The number of nitriles is 1. The van der Waals surface area contributed by atoms with E-state index >= 15 is 0 Å². The van der Waals surface area contributed by atoms with E-state index in [2.05, 4.69) is 11.2 Å². The Morgan fingerprint density at radius 3 is 2.69 bits per heavy atom. The molecule has 0 aliphatic heterocycles. The van der Waals surface area contributed by atoms with Crippen molar-refractivity contribution in [3.8, 4) is 17.5 Å². The molecule has 0 aliphatic rings. The summed E-state index contributed by atoms with van der Waals surface area (Å²) in [4.78, 5) is 11.6. The third-order valence-electron chi connectivity index (χ3n) is 3.84. The van der Waals surface area contributed by atoms with Crippen LogP contribution in [0.4, 0.5) is 0 Å². The van der Waals surface area contributed by atoms with Gasteiger partial charge in [0.15, 0.2) is 0 Å². The van der Waals surface area contributed by atoms with E-state index in [1.165, 1.54) is 12.1 Å². The Bertz CT molecular complexity index is 1010. The number of halogens is 1. The van der Waals surface area contributed by atoms with Gasteiger partial charge in [-0.1, -0.05) is 29.8 Å². The van der Waals surface area contributed by atoms with Crippen LogP contribution in [0.3, 0.4) is 0 Å². The number of hydrogen-bond acceptors (Lipinski definition) is 4. The lowest BCUT2D eigenvalue weighted by Gasteiger charge is -2.12. The zero-order chi connectivity index (χ0) is 18.7. The van der Waals surface area contributed by atoms with Gasteiger partial charge in [0.1, 0.15) is 24.0 Å². The van der Waals surface area contributed by atoms with Crippen molar-refractivity contribution in [2.45, 2.75) is 13.5 Å². The maximum absolute atomic E-state index is 11.6. The predicted octanol–water partition coefficient (Wildman–Crippen LogP) is 3.38. The van der Waals surface area contributed by atoms with E-state index in [4.69, 9.17) is 22.1 Å². The SMILES string of the molecule is Cc1nn(-c2ccccc2)c(COc2cc(Cl)ccc2C(N)=O)c1C#N. The molecule has 2 N–H and O–H groups in total. The van der Waals surface area contributed by atoms with Gasteiger partial charge in [0.2, 0.25) is 0 Å². The molecule has 0 saturated carbocycles. The molecule has 6 nitrogen and oxygen atoms in total. The van der Waals surface area contributed by atoms with Gasteiger partial charge in [-0.15, -0.1) is 0 Å². The molecule has 0 saturated heterocycles. The second-order valence-electron chi connectivity index (χ2n) is 5.56. The van der Waals surface area contributed by atoms with Crippen molar-refractivity contribution < 1.29 is 9.53 Å². The van der Waals surface area contributed by atoms with Gasteiger partial charge in [-0.2, -0.15) is 10.4 Å². The van der Waals surface area contributed by atoms with Crippen LogP contribution < -0.4 is 10.5 Å². The highest BCUT2D eigenvalue weighted by Gasteiger charge is 2.18. The fourth-order valence-electron chi connectivity index (χ4n) is 2.60. The molecule has 3 rings (SSSR count). The van der Waals surface area contributed by atoms with E-state index in [1.807, 2.05) is 30.3 Å². The van der Waals surface area contributed by atoms with Crippen LogP contribution in [0.5, 0.6) is 5.75 Å². The van der Waals surface area contributed by atoms with E-state index in [-0.39, 0.29) is 17.9 Å². The van der Waals surface area contributed by atoms with Crippen LogP contribution in [0.2, 0.25) is 5.02 Å². The molecule has 7 heteroatoms. The number of hydrogen-bond donors (Lipinski definition) is 1. The van der Waals surface area contributed by atoms with Crippen molar-refractivity contribution in [3.05, 3.63) is 76.1 Å². The predicted molar refractivity (Wildman–Crippen MR) is 97.3 cm³/mol. The molecule has 0 spiro atoms. The number of para-hydroxylation sites is 1. The summed E-state index contributed by atoms with van der Waals surface area (Å²) in [5.41, 5.74) is 8.00. The summed E-state index contributed by atoms with van der Waals surface area (Å²) in [7, 11) is 0. The molecule has 2 aromatic carbocycles. The molecule has 0 aliphatic carbocycles. The zero-order valence-corrected chi connectivity index (χ0v) is 14.7. The third kappa shape index (κ3) is 3.39. The molecule has 0 unspecified atom stereocenters. The van der Waals surface area contributed by atoms with Gasteiger partial charge in [0, 0.05) is 5.02 Å². The average Bonchev–Trinajstić information content (AvgIpc) is 2.96. The Labute approximate surface area is 155 Å². The normalized spacial score (nSPS) is 10.3. The van der Waals surface area contributed by atoms with Gasteiger partial charge in [0.05, 0.1) is 22.6 Å². The topological polar surface area (TPSA) is 93.9 Å². The van der Waals surface area contributed by atoms with Crippen molar-refractivity contribution in [2.24, 2.45) is 5.73 Å². The van der Waals surface area contributed by atoms with Crippen molar-refractivity contribution in [3.63, 3.8) is 0 Å². The Balaban J connectivity index is 2.00. The quantitative estimate of drug-likeness (QED) is 0.748. The number of ether oxygens (including phenoxy) is 1. The standard InChI is InChI=1S/C19H15ClN4O2/c1-12-16(10-21)17(24(23-12)14-5-3-2-4-6-14)11-26-18-9-13(20)7-8-15(18)19(22)25/h2-9H,11H2,1H3,(H2,22,25). The van der Waals surface area contributed by atoms with Crippen molar-refractivity contribution in [1.82, 2.24) is 9.78 Å². The lowest BCUT2D eigenvalue weighted by molar-refractivity contribution is 0.0996. The van der Waals surface area contributed by atoms with Crippen LogP contribution in [0, 0.1) is 18.3 Å². The van der Waals surface area contributed by atoms with E-state index in [0.717, 1.165) is 5.69 Å². The van der Waals surface area contributed by atoms with E-state index in [0.29, 0.717) is 22.0 Å². The number of carbonyl (C=O) groups is 1. The summed E-state index contributed by atoms with van der Waals surface area (Å²) in [6, 6.07) is 16.2. The van der Waals surface area contributed by atoms with Gasteiger partial charge < -0.3 is 10.5 Å². The maximum Gasteiger partial charge on any atom is 0.252 e. The van der Waals surface area contributed by atoms with Crippen LogP contribution in [0.25, 0.3) is 5.69 Å². The molecule has 3 aromatic rings. The second kappa shape index (κ2) is 7.30. The lowest BCUT2D eigenvalue weighted by atomic mass is 10.2. The average molecular weight is 367 g/mol. The minimum absolute atomic E-state index is 0.0270. The minimum Gasteiger partial charge on any atom is -0.486 e. The van der Waals surface area contributed by atoms with Crippen molar-refractivity contribution in [1.29, 1.82) is 5.26 Å². The fourth-order valence-corrected chi connectivity index (χ4v) is 2.76. The number of nitrogens with two attached hydrogens (primary N) is 1. The highest BCUT2D eigenvalue weighted by atomic mass is 35.5. The fraction of sp³-hybridized carbons (Fsp3) is 0.105. The first-order valence-corrected chi connectivity index (χ1v) is 8.15. The molecular formula is C19H15ClN4O2. The number of aromatic nitrogens is 2. The molecule has 0 bridgehead atoms. The minimum atomic E-state index is -0.620. The van der Waals surface area contributed by atoms with Gasteiger partial charge in [-0.05, 0) is 37.3 Å². The van der Waals surface area contributed by atoms with Crippen molar-refractivity contribution in [2.75, 3.05) is 0 Å². The van der Waals surface area contributed by atoms with E-state index < -0.39 is 5.91 Å². The van der Waals surface area contributed by atoms with Gasteiger partial charge in [0.25, 0.3) is 5.91 Å². The summed E-state index contributed by atoms with van der Waals surface area (Å²) in [6.07, 6.45) is 0. The number of carbonyl (C=O) groups excluding carboxylic acids is 1. The Morgan fingerprint density at radius 2 is 2.04 bits per heavy atom. The number of aryl methyl sites for hydroxylation is 1. The van der Waals surface area contributed by atoms with Crippen LogP contribution in [0.1, 0.15) is 27.3 Å². The number of nitrogens with zero attached hydrogens (tertiary/aromatic N) is 3. The van der Waals surface area contributed by atoms with Crippen LogP contribution >= 0.6 is 11.6 Å². The first kappa shape index (κ1) is 17.5. The monoisotopic (exact) mass is 366 g/mol. The smallest absolute Gasteiger partial charge is 0.252 e. The largest absolute Gasteiger partial charge is 0.486 e. The number of amides is 1. The van der Waals surface area contributed by atoms with Gasteiger partial charge in [-0.25, -0.2) is 4.68 Å². The number of benzene rings is 2. The molecule has 0 radical (unpaired) electrons. The maximum atomic E-state index is 11.6. The molecule has 1 aromatic heterocycles. The van der Waals surface area contributed by atoms with Crippen LogP contribution in [-0.4, -0.2) is 15.7 Å². The summed E-state index contributed by atoms with van der Waals surface area (Å²) in [5, 5.41) is 14.3. The number of rotatable bonds is 5. The van der Waals surface area contributed by atoms with Crippen LogP contribution in [0.15, 0.2) is 48.5 Å². The highest BCUT2D eigenvalue weighted by Crippen LogP contribution is 2.26. The van der Waals surface area contributed by atoms with E-state index in [1.54, 1.807) is 17.7 Å². The molecule has 26 heavy (non-hydrogen) atoms. The summed E-state index contributed by atoms with van der Waals surface area (Å²) >= 11 is 5.99. The molecule has 1 heterocycles. The van der Waals surface area contributed by atoms with Crippen molar-refractivity contribution >= 4 is 17.5 Å². The van der Waals surface area contributed by atoms with E-state index in [9.17, 15) is 10.1 Å². The summed E-state index contributed by atoms with van der Waals surface area (Å²) in [5.74, 6) is -0.364. The Kier molecular flexibility index (Phi) is 4.92. The molecular weight excluding hydrogens is 352 g/mol.